The van der Waals surface area contributed by atoms with E-state index in [-0.39, 0.29) is 5.91 Å². The fourth-order valence-corrected chi connectivity index (χ4v) is 3.32. The van der Waals surface area contributed by atoms with Crippen molar-refractivity contribution in [3.63, 3.8) is 0 Å². The lowest BCUT2D eigenvalue weighted by molar-refractivity contribution is 0.0956. The molecule has 0 aliphatic heterocycles. The molecule has 19 heavy (non-hydrogen) atoms. The second kappa shape index (κ2) is 4.20. The summed E-state index contributed by atoms with van der Waals surface area (Å²) in [4.78, 5) is 18.2. The van der Waals surface area contributed by atoms with Crippen LogP contribution in [0.5, 0.6) is 0 Å². The molecule has 0 atom stereocenters. The van der Waals surface area contributed by atoms with Crippen LogP contribution < -0.4 is 11.1 Å². The number of aromatic nitrogens is 1. The van der Waals surface area contributed by atoms with E-state index in [0.29, 0.717) is 16.6 Å². The Bertz CT molecular complexity index is 686. The molecule has 0 aromatic carbocycles. The maximum Gasteiger partial charge on any atom is 0.263 e. The third-order valence-corrected chi connectivity index (χ3v) is 4.89. The number of aryl methyl sites for hydroxylation is 2. The zero-order valence-electron chi connectivity index (χ0n) is 11.3. The molecular weight excluding hydrogens is 258 g/mol. The van der Waals surface area contributed by atoms with Crippen LogP contribution in [-0.2, 0) is 0 Å². The Hall–Kier alpha value is -1.62. The summed E-state index contributed by atoms with van der Waals surface area (Å²) in [6, 6.07) is 0.342. The van der Waals surface area contributed by atoms with Crippen molar-refractivity contribution < 1.29 is 4.79 Å². The van der Waals surface area contributed by atoms with Gasteiger partial charge in [-0.3, -0.25) is 4.79 Å². The predicted molar refractivity (Wildman–Crippen MR) is 78.7 cm³/mol. The maximum atomic E-state index is 12.2. The zero-order valence-corrected chi connectivity index (χ0v) is 12.1. The Morgan fingerprint density at radius 2 is 2.00 bits per heavy atom. The fourth-order valence-electron chi connectivity index (χ4n) is 2.21. The molecule has 2 aromatic rings. The Morgan fingerprint density at radius 3 is 2.63 bits per heavy atom. The molecule has 3 rings (SSSR count). The highest BCUT2D eigenvalue weighted by molar-refractivity contribution is 7.21. The molecule has 2 aromatic heterocycles. The quantitative estimate of drug-likeness (QED) is 0.885. The summed E-state index contributed by atoms with van der Waals surface area (Å²) >= 11 is 1.39. The number of nitrogens with zero attached hydrogens (tertiary/aromatic N) is 1. The van der Waals surface area contributed by atoms with E-state index in [1.165, 1.54) is 11.3 Å². The van der Waals surface area contributed by atoms with Gasteiger partial charge in [0.25, 0.3) is 5.91 Å². The summed E-state index contributed by atoms with van der Waals surface area (Å²) in [5.74, 6) is -0.0577. The van der Waals surface area contributed by atoms with Crippen LogP contribution in [0, 0.1) is 20.8 Å². The number of rotatable bonds is 2. The van der Waals surface area contributed by atoms with Gasteiger partial charge in [0.05, 0.1) is 5.69 Å². The van der Waals surface area contributed by atoms with Crippen molar-refractivity contribution >= 4 is 33.1 Å². The molecule has 0 saturated heterocycles. The molecule has 0 unspecified atom stereocenters. The van der Waals surface area contributed by atoms with Crippen molar-refractivity contribution in [3.8, 4) is 0 Å². The van der Waals surface area contributed by atoms with E-state index in [1.54, 1.807) is 0 Å². The van der Waals surface area contributed by atoms with Crippen LogP contribution in [0.25, 0.3) is 10.2 Å². The lowest BCUT2D eigenvalue weighted by Crippen LogP contribution is -2.25. The summed E-state index contributed by atoms with van der Waals surface area (Å²) in [5.41, 5.74) is 10.0. The Labute approximate surface area is 116 Å². The van der Waals surface area contributed by atoms with Crippen LogP contribution in [0.2, 0.25) is 0 Å². The number of carbonyl (C=O) groups excluding carboxylic acids is 1. The summed E-state index contributed by atoms with van der Waals surface area (Å²) in [6.45, 7) is 6.07. The Kier molecular flexibility index (Phi) is 2.74. The first-order valence-electron chi connectivity index (χ1n) is 6.45. The number of pyridine rings is 1. The molecule has 0 spiro atoms. The molecule has 1 aliphatic rings. The highest BCUT2D eigenvalue weighted by Crippen LogP contribution is 2.36. The van der Waals surface area contributed by atoms with Crippen LogP contribution in [0.3, 0.4) is 0 Å². The number of nitrogens with two attached hydrogens (primary N) is 1. The van der Waals surface area contributed by atoms with Gasteiger partial charge in [-0.1, -0.05) is 0 Å². The molecule has 1 saturated carbocycles. The van der Waals surface area contributed by atoms with Gasteiger partial charge in [0.1, 0.15) is 9.71 Å². The topological polar surface area (TPSA) is 68.0 Å². The number of hydrogen-bond donors (Lipinski definition) is 2. The van der Waals surface area contributed by atoms with Gasteiger partial charge in [0.15, 0.2) is 0 Å². The van der Waals surface area contributed by atoms with Crippen molar-refractivity contribution in [3.05, 3.63) is 21.7 Å². The molecule has 3 N–H and O–H groups in total. The largest absolute Gasteiger partial charge is 0.397 e. The lowest BCUT2D eigenvalue weighted by atomic mass is 10.1. The fraction of sp³-hybridized carbons (Fsp3) is 0.429. The van der Waals surface area contributed by atoms with Gasteiger partial charge >= 0.3 is 0 Å². The minimum atomic E-state index is -0.0577. The number of amides is 1. The molecular formula is C14H17N3OS. The molecule has 5 heteroatoms. The third-order valence-electron chi connectivity index (χ3n) is 3.79. The van der Waals surface area contributed by atoms with Crippen molar-refractivity contribution in [2.75, 3.05) is 5.73 Å². The van der Waals surface area contributed by atoms with E-state index in [2.05, 4.69) is 10.3 Å². The number of fused-ring (bicyclic) bond motifs is 1. The number of carbonyl (C=O) groups is 1. The van der Waals surface area contributed by atoms with Crippen LogP contribution >= 0.6 is 11.3 Å². The minimum Gasteiger partial charge on any atom is -0.397 e. The summed E-state index contributed by atoms with van der Waals surface area (Å²) in [6.07, 6.45) is 2.15. The smallest absolute Gasteiger partial charge is 0.263 e. The van der Waals surface area contributed by atoms with E-state index in [4.69, 9.17) is 5.73 Å². The number of thiophene rings is 1. The molecule has 4 nitrogen and oxygen atoms in total. The average molecular weight is 275 g/mol. The Morgan fingerprint density at radius 1 is 1.32 bits per heavy atom. The van der Waals surface area contributed by atoms with Crippen molar-refractivity contribution in [2.24, 2.45) is 0 Å². The summed E-state index contributed by atoms with van der Waals surface area (Å²) in [5, 5.41) is 3.92. The minimum absolute atomic E-state index is 0.0577. The molecule has 0 radical (unpaired) electrons. The maximum absolute atomic E-state index is 12.2. The number of nitrogen functional groups attached to an aromatic ring is 1. The molecule has 0 bridgehead atoms. The molecule has 2 heterocycles. The zero-order chi connectivity index (χ0) is 13.7. The third kappa shape index (κ3) is 1.98. The normalized spacial score (nSPS) is 14.9. The number of anilines is 1. The van der Waals surface area contributed by atoms with Crippen molar-refractivity contribution in [1.82, 2.24) is 10.3 Å². The van der Waals surface area contributed by atoms with Crippen molar-refractivity contribution in [2.45, 2.75) is 39.7 Å². The summed E-state index contributed by atoms with van der Waals surface area (Å²) in [7, 11) is 0. The van der Waals surface area contributed by atoms with E-state index in [0.717, 1.165) is 39.9 Å². The first-order valence-corrected chi connectivity index (χ1v) is 7.27. The van der Waals surface area contributed by atoms with E-state index < -0.39 is 0 Å². The molecule has 1 fully saturated rings. The van der Waals surface area contributed by atoms with Gasteiger partial charge in [-0.25, -0.2) is 4.98 Å². The van der Waals surface area contributed by atoms with Crippen molar-refractivity contribution in [1.29, 1.82) is 0 Å². The van der Waals surface area contributed by atoms with E-state index in [1.807, 2.05) is 20.8 Å². The second-order valence-corrected chi connectivity index (χ2v) is 6.22. The number of nitrogens with one attached hydrogen (secondary N) is 1. The highest BCUT2D eigenvalue weighted by Gasteiger charge is 2.27. The molecule has 1 amide bonds. The van der Waals surface area contributed by atoms with Gasteiger partial charge in [0.2, 0.25) is 0 Å². The van der Waals surface area contributed by atoms with Crippen LogP contribution in [0.1, 0.15) is 39.3 Å². The van der Waals surface area contributed by atoms with Gasteiger partial charge < -0.3 is 11.1 Å². The average Bonchev–Trinajstić information content (AvgIpc) is 3.10. The SMILES string of the molecule is Cc1nc2sc(C(=O)NC3CC3)c(N)c2c(C)c1C. The first-order chi connectivity index (χ1) is 8.99. The monoisotopic (exact) mass is 275 g/mol. The van der Waals surface area contributed by atoms with Crippen LogP contribution in [0.15, 0.2) is 0 Å². The standard InChI is InChI=1S/C14H17N3OS/c1-6-7(2)10-11(15)12(13(18)17-9-4-5-9)19-14(10)16-8(6)3/h9H,4-5,15H2,1-3H3,(H,17,18). The summed E-state index contributed by atoms with van der Waals surface area (Å²) < 4.78 is 0. The molecule has 100 valence electrons. The lowest BCUT2D eigenvalue weighted by Gasteiger charge is -2.06. The van der Waals surface area contributed by atoms with Crippen LogP contribution in [-0.4, -0.2) is 16.9 Å². The second-order valence-electron chi connectivity index (χ2n) is 5.22. The van der Waals surface area contributed by atoms with Gasteiger partial charge in [0, 0.05) is 17.1 Å². The van der Waals surface area contributed by atoms with Crippen LogP contribution in [0.4, 0.5) is 5.69 Å². The van der Waals surface area contributed by atoms with E-state index in [9.17, 15) is 4.79 Å². The predicted octanol–water partition coefficient (Wildman–Crippen LogP) is 2.70. The van der Waals surface area contributed by atoms with Gasteiger partial charge in [-0.05, 0) is 44.7 Å². The Balaban J connectivity index is 2.14. The number of hydrogen-bond acceptors (Lipinski definition) is 4. The van der Waals surface area contributed by atoms with E-state index >= 15 is 0 Å². The first kappa shape index (κ1) is 12.4. The van der Waals surface area contributed by atoms with Gasteiger partial charge in [-0.15, -0.1) is 11.3 Å². The van der Waals surface area contributed by atoms with Gasteiger partial charge in [-0.2, -0.15) is 0 Å². The molecule has 1 aliphatic carbocycles. The highest BCUT2D eigenvalue weighted by atomic mass is 32.1.